The number of hydrogen-bond donors (Lipinski definition) is 4. The van der Waals surface area contributed by atoms with Gasteiger partial charge in [-0.1, -0.05) is 6.07 Å². The van der Waals surface area contributed by atoms with Crippen molar-refractivity contribution >= 4 is 25.7 Å². The van der Waals surface area contributed by atoms with Crippen molar-refractivity contribution in [3.8, 4) is 0 Å². The van der Waals surface area contributed by atoms with Crippen molar-refractivity contribution in [2.75, 3.05) is 24.9 Å². The number of likely N-dealkylation sites (N-methyl/N-ethyl adjacent to an activating group) is 1. The van der Waals surface area contributed by atoms with E-state index in [0.717, 1.165) is 25.2 Å². The smallest absolute Gasteiger partial charge is 0.394 e. The molecule has 4 N–H and O–H groups in total. The van der Waals surface area contributed by atoms with Crippen LogP contribution in [0.2, 0.25) is 0 Å². The van der Waals surface area contributed by atoms with Crippen LogP contribution >= 0.6 is 0 Å². The van der Waals surface area contributed by atoms with Gasteiger partial charge in [0.2, 0.25) is 10.0 Å². The first-order valence-corrected chi connectivity index (χ1v) is 11.9. The van der Waals surface area contributed by atoms with Crippen LogP contribution in [0.5, 0.6) is 0 Å². The molecule has 0 radical (unpaired) electrons. The molecule has 0 aliphatic carbocycles. The van der Waals surface area contributed by atoms with Crippen molar-refractivity contribution < 1.29 is 49.7 Å². The molecule has 0 amide bonds. The number of hydrogen-bond acceptors (Lipinski definition) is 7. The molecule has 2 aromatic rings. The summed E-state index contributed by atoms with van der Waals surface area (Å²) in [6.07, 6.45) is -8.35. The van der Waals surface area contributed by atoms with Gasteiger partial charge in [0.25, 0.3) is 10.0 Å². The maximum absolute atomic E-state index is 13.3. The van der Waals surface area contributed by atoms with E-state index in [-0.39, 0.29) is 6.07 Å². The standard InChI is InChI=1S/C18H20F4N2O7S2/c1-24(9-16(26)17(27)10-25)33(30,31)13-4-2-3-12(8-13)32(28,29)23-15-6-5-11(19)7-14(15)18(20,21)22/h2-8,16-17,23,25-27H,9-10H2,1H3. The van der Waals surface area contributed by atoms with Crippen molar-refractivity contribution in [1.29, 1.82) is 0 Å². The number of aliphatic hydroxyl groups excluding tert-OH is 3. The van der Waals surface area contributed by atoms with Gasteiger partial charge in [0, 0.05) is 13.6 Å². The Morgan fingerprint density at radius 3 is 2.18 bits per heavy atom. The predicted molar refractivity (Wildman–Crippen MR) is 108 cm³/mol. The number of nitrogens with one attached hydrogen (secondary N) is 1. The van der Waals surface area contributed by atoms with Crippen LogP contribution in [0.1, 0.15) is 5.56 Å². The summed E-state index contributed by atoms with van der Waals surface area (Å²) in [6.45, 7) is -1.48. The number of anilines is 1. The van der Waals surface area contributed by atoms with Crippen molar-refractivity contribution in [2.24, 2.45) is 0 Å². The predicted octanol–water partition coefficient (Wildman–Crippen LogP) is 0.980. The second-order valence-corrected chi connectivity index (χ2v) is 10.6. The van der Waals surface area contributed by atoms with E-state index in [1.165, 1.54) is 0 Å². The highest BCUT2D eigenvalue weighted by Crippen LogP contribution is 2.36. The SMILES string of the molecule is CN(CC(O)C(O)CO)S(=O)(=O)c1cccc(S(=O)(=O)Nc2ccc(F)cc2C(F)(F)F)c1. The zero-order valence-corrected chi connectivity index (χ0v) is 18.5. The quantitative estimate of drug-likeness (QED) is 0.364. The first-order valence-electron chi connectivity index (χ1n) is 9.02. The molecule has 0 saturated heterocycles. The minimum Gasteiger partial charge on any atom is -0.394 e. The molecule has 0 bridgehead atoms. The summed E-state index contributed by atoms with van der Waals surface area (Å²) in [5.74, 6) is -1.24. The summed E-state index contributed by atoms with van der Waals surface area (Å²) in [6, 6.07) is 4.97. The van der Waals surface area contributed by atoms with Gasteiger partial charge in [-0.3, -0.25) is 4.72 Å². The van der Waals surface area contributed by atoms with Gasteiger partial charge in [-0.15, -0.1) is 0 Å². The Balaban J connectivity index is 2.39. The normalized spacial score (nSPS) is 14.8. The Kier molecular flexibility index (Phi) is 8.09. The third-order valence-electron chi connectivity index (χ3n) is 4.43. The van der Waals surface area contributed by atoms with Gasteiger partial charge in [-0.05, 0) is 36.4 Å². The maximum Gasteiger partial charge on any atom is 0.418 e. The maximum atomic E-state index is 13.3. The van der Waals surface area contributed by atoms with E-state index in [4.69, 9.17) is 5.11 Å². The van der Waals surface area contributed by atoms with Gasteiger partial charge in [0.1, 0.15) is 11.9 Å². The molecule has 184 valence electrons. The first kappa shape index (κ1) is 26.9. The van der Waals surface area contributed by atoms with E-state index in [2.05, 4.69) is 0 Å². The van der Waals surface area contributed by atoms with E-state index >= 15 is 0 Å². The minimum absolute atomic E-state index is 0.111. The number of sulfonamides is 2. The Morgan fingerprint density at radius 1 is 1.00 bits per heavy atom. The van der Waals surface area contributed by atoms with Crippen LogP contribution in [0, 0.1) is 5.82 Å². The van der Waals surface area contributed by atoms with E-state index in [9.17, 15) is 44.6 Å². The Hall–Kier alpha value is -2.30. The van der Waals surface area contributed by atoms with Crippen LogP contribution in [0.4, 0.5) is 23.2 Å². The van der Waals surface area contributed by atoms with E-state index in [1.807, 2.05) is 0 Å². The molecule has 0 heterocycles. The van der Waals surface area contributed by atoms with Crippen LogP contribution in [-0.4, -0.2) is 68.9 Å². The number of aliphatic hydroxyl groups is 3. The topological polar surface area (TPSA) is 144 Å². The van der Waals surface area contributed by atoms with Gasteiger partial charge >= 0.3 is 6.18 Å². The molecule has 0 aliphatic rings. The Morgan fingerprint density at radius 2 is 1.61 bits per heavy atom. The summed E-state index contributed by atoms with van der Waals surface area (Å²) >= 11 is 0. The molecule has 0 fully saturated rings. The fourth-order valence-electron chi connectivity index (χ4n) is 2.63. The molecule has 15 heteroatoms. The van der Waals surface area contributed by atoms with Crippen LogP contribution in [-0.2, 0) is 26.2 Å². The lowest BCUT2D eigenvalue weighted by molar-refractivity contribution is -0.137. The highest BCUT2D eigenvalue weighted by atomic mass is 32.2. The highest BCUT2D eigenvalue weighted by Gasteiger charge is 2.35. The minimum atomic E-state index is -5.08. The van der Waals surface area contributed by atoms with Crippen molar-refractivity contribution in [1.82, 2.24) is 4.31 Å². The summed E-state index contributed by atoms with van der Waals surface area (Å²) in [4.78, 5) is -1.28. The van der Waals surface area contributed by atoms with E-state index < -0.39 is 78.4 Å². The number of nitrogens with zero attached hydrogens (tertiary/aromatic N) is 1. The molecule has 0 saturated carbocycles. The van der Waals surface area contributed by atoms with Crippen LogP contribution in [0.15, 0.2) is 52.3 Å². The molecular formula is C18H20F4N2O7S2. The van der Waals surface area contributed by atoms with Gasteiger partial charge in [0.05, 0.1) is 33.8 Å². The Bertz CT molecular complexity index is 1200. The first-order chi connectivity index (χ1) is 15.1. The van der Waals surface area contributed by atoms with Gasteiger partial charge < -0.3 is 15.3 Å². The van der Waals surface area contributed by atoms with Crippen molar-refractivity contribution in [3.63, 3.8) is 0 Å². The van der Waals surface area contributed by atoms with Gasteiger partial charge in [0.15, 0.2) is 0 Å². The summed E-state index contributed by atoms with van der Waals surface area (Å²) in [7, 11) is -8.12. The molecule has 2 rings (SSSR count). The van der Waals surface area contributed by atoms with Crippen molar-refractivity contribution in [3.05, 3.63) is 53.8 Å². The fourth-order valence-corrected chi connectivity index (χ4v) is 5.07. The Labute approximate surface area is 187 Å². The summed E-state index contributed by atoms with van der Waals surface area (Å²) < 4.78 is 106. The third kappa shape index (κ3) is 6.39. The largest absolute Gasteiger partial charge is 0.418 e. The number of halogens is 4. The average molecular weight is 516 g/mol. The fraction of sp³-hybridized carbons (Fsp3) is 0.333. The number of alkyl halides is 3. The average Bonchev–Trinajstić information content (AvgIpc) is 2.73. The van der Waals surface area contributed by atoms with Crippen molar-refractivity contribution in [2.45, 2.75) is 28.2 Å². The van der Waals surface area contributed by atoms with Crippen LogP contribution in [0.3, 0.4) is 0 Å². The number of benzene rings is 2. The molecule has 2 aromatic carbocycles. The lowest BCUT2D eigenvalue weighted by atomic mass is 10.2. The van der Waals surface area contributed by atoms with Crippen LogP contribution in [0.25, 0.3) is 0 Å². The molecule has 0 aromatic heterocycles. The third-order valence-corrected chi connectivity index (χ3v) is 7.61. The van der Waals surface area contributed by atoms with E-state index in [1.54, 1.807) is 4.72 Å². The number of rotatable bonds is 9. The monoisotopic (exact) mass is 516 g/mol. The molecule has 33 heavy (non-hydrogen) atoms. The van der Waals surface area contributed by atoms with Crippen LogP contribution < -0.4 is 4.72 Å². The van der Waals surface area contributed by atoms with Gasteiger partial charge in [-0.2, -0.15) is 17.5 Å². The van der Waals surface area contributed by atoms with Gasteiger partial charge in [-0.25, -0.2) is 21.2 Å². The zero-order chi connectivity index (χ0) is 25.2. The molecule has 0 spiro atoms. The summed E-state index contributed by atoms with van der Waals surface area (Å²) in [5.41, 5.74) is -2.54. The second kappa shape index (κ2) is 9.90. The molecule has 9 nitrogen and oxygen atoms in total. The molecule has 2 atom stereocenters. The molecular weight excluding hydrogens is 496 g/mol. The molecule has 2 unspecified atom stereocenters. The molecule has 0 aliphatic heterocycles. The highest BCUT2D eigenvalue weighted by molar-refractivity contribution is 7.93. The summed E-state index contributed by atoms with van der Waals surface area (Å²) in [5, 5.41) is 27.9. The second-order valence-electron chi connectivity index (χ2n) is 6.87. The lowest BCUT2D eigenvalue weighted by Crippen LogP contribution is -2.41. The van der Waals surface area contributed by atoms with E-state index in [0.29, 0.717) is 22.5 Å². The lowest BCUT2D eigenvalue weighted by Gasteiger charge is -2.23. The zero-order valence-electron chi connectivity index (χ0n) is 16.9.